The van der Waals surface area contributed by atoms with E-state index < -0.39 is 97.1 Å². The molecule has 0 spiro atoms. The van der Waals surface area contributed by atoms with Gasteiger partial charge in [-0.25, -0.2) is 28.2 Å². The van der Waals surface area contributed by atoms with Gasteiger partial charge >= 0.3 is 29.1 Å². The number of aliphatic hydroxyl groups excluding tert-OH is 3. The van der Waals surface area contributed by atoms with Crippen LogP contribution < -0.4 is 50.9 Å². The fourth-order valence-electron chi connectivity index (χ4n) is 5.45. The highest BCUT2D eigenvalue weighted by Crippen LogP contribution is 2.67. The van der Waals surface area contributed by atoms with Crippen LogP contribution in [-0.2, 0) is 47.9 Å². The molecular weight excluding hydrogens is 813 g/mol. The first kappa shape index (κ1) is 45.7. The Morgan fingerprint density at radius 2 is 1.51 bits per heavy atom. The summed E-state index contributed by atoms with van der Waals surface area (Å²) in [6.45, 7) is -2.09. The number of H-pyrrole nitrogens is 1. The number of nitrogens with zero attached hydrogens (tertiary/aromatic N) is 7. The number of fused-ring (bicyclic) bond motifs is 2. The molecule has 4 aromatic rings. The van der Waals surface area contributed by atoms with Crippen molar-refractivity contribution in [2.75, 3.05) is 24.7 Å². The number of phosphoric ester groups is 2. The van der Waals surface area contributed by atoms with E-state index in [-0.39, 0.29) is 52.7 Å². The maximum atomic E-state index is 12.5. The minimum atomic E-state index is -5.98. The second-order valence-electron chi connectivity index (χ2n) is 11.3. The summed E-state index contributed by atoms with van der Waals surface area (Å²) in [5.74, 6) is -1.39. The molecule has 31 nitrogen and oxygen atoms in total. The predicted molar refractivity (Wildman–Crippen MR) is 178 cm³/mol. The number of phosphoric acid groups is 3. The third-order valence-electron chi connectivity index (χ3n) is 7.72. The summed E-state index contributed by atoms with van der Waals surface area (Å²) in [6.07, 6.45) is -8.63. The fourth-order valence-corrected chi connectivity index (χ4v) is 8.97. The van der Waals surface area contributed by atoms with Crippen LogP contribution in [0.25, 0.3) is 22.3 Å². The molecule has 6 rings (SSSR count). The summed E-state index contributed by atoms with van der Waals surface area (Å²) in [4.78, 5) is 59.6. The monoisotopic (exact) mass is 852 g/mol. The Hall–Kier alpha value is -3.65. The van der Waals surface area contributed by atoms with Gasteiger partial charge in [-0.05, 0) is 0 Å². The maximum Gasteiger partial charge on any atom is 0.490 e. The zero-order valence-corrected chi connectivity index (χ0v) is 30.9. The Bertz CT molecular complexity index is 2220. The number of aryl methyl sites for hydroxylation is 1. The van der Waals surface area contributed by atoms with Gasteiger partial charge in [-0.3, -0.25) is 28.0 Å². The van der Waals surface area contributed by atoms with Crippen molar-refractivity contribution in [3.8, 4) is 5.88 Å². The molecular formula is C21H39N14O17P3. The van der Waals surface area contributed by atoms with E-state index in [9.17, 15) is 53.6 Å². The molecule has 310 valence electrons. The van der Waals surface area contributed by atoms with Crippen molar-refractivity contribution in [2.24, 2.45) is 12.8 Å². The van der Waals surface area contributed by atoms with Crippen molar-refractivity contribution in [1.29, 1.82) is 0 Å². The van der Waals surface area contributed by atoms with Crippen LogP contribution in [0.4, 0.5) is 11.9 Å². The molecule has 6 heterocycles. The molecule has 0 radical (unpaired) electrons. The van der Waals surface area contributed by atoms with Gasteiger partial charge in [-0.2, -0.15) is 13.6 Å². The van der Waals surface area contributed by atoms with Gasteiger partial charge in [0.05, 0.1) is 32.6 Å². The largest absolute Gasteiger partial charge is 0.856 e. The zero-order chi connectivity index (χ0) is 38.1. The quantitative estimate of drug-likeness (QED) is 0.0473. The van der Waals surface area contributed by atoms with Crippen molar-refractivity contribution in [2.45, 2.75) is 49.0 Å². The van der Waals surface area contributed by atoms with Gasteiger partial charge in [0.2, 0.25) is 12.2 Å². The van der Waals surface area contributed by atoms with Gasteiger partial charge in [0.25, 0.3) is 11.5 Å². The van der Waals surface area contributed by atoms with Gasteiger partial charge in [0.15, 0.2) is 29.2 Å². The van der Waals surface area contributed by atoms with Crippen LogP contribution in [0.5, 0.6) is 5.88 Å². The molecule has 3 unspecified atom stereocenters. The van der Waals surface area contributed by atoms with E-state index in [1.54, 1.807) is 0 Å². The van der Waals surface area contributed by atoms with Crippen LogP contribution in [0.1, 0.15) is 12.5 Å². The number of nitrogens with two attached hydrogens (primary N) is 3. The summed E-state index contributed by atoms with van der Waals surface area (Å²) in [5.41, 5.74) is 16.1. The number of hydrogen-bond acceptors (Lipinski definition) is 24. The summed E-state index contributed by atoms with van der Waals surface area (Å²) in [7, 11) is -15.8. The molecule has 0 bridgehead atoms. The molecule has 4 aromatic heterocycles. The normalized spacial score (nSPS) is 28.4. The standard InChI is InChI=1S/C21H30N11O17P3.3H3N/c1-30-5-32(15-10(30)17(37)29-21(24)27-15)18-8(22)11(33)6(46-18)2-44-50(38,39)48-52(42,43)49-51(40,41)45-3-7-12(34)13(35)19(47-7)31-4-25-9-14(31)26-20(23)28-16(9)36;;;/h4-8,11-13,18-19,33-35H,2-3,22H2,1H3,(H8-,23,24,26,27,28,29,36,37,38,39,40,41,42,43);3*1H3/t6-,7-,8-,11-,12-,13-,18-,19-;;;/m1.../s1. The highest BCUT2D eigenvalue weighted by Gasteiger charge is 2.49. The average molecular weight is 853 g/mol. The van der Waals surface area contributed by atoms with Gasteiger partial charge in [-0.15, -0.1) is 0 Å². The third-order valence-corrected chi connectivity index (χ3v) is 12.0. The molecule has 11 atom stereocenters. The number of rotatable bonds is 12. The number of ether oxygens (including phenoxy) is 2. The zero-order valence-electron chi connectivity index (χ0n) is 28.2. The summed E-state index contributed by atoms with van der Waals surface area (Å²) in [6, 6.07) is -1.25. The first-order valence-corrected chi connectivity index (χ1v) is 18.9. The first-order chi connectivity index (χ1) is 24.2. The second-order valence-corrected chi connectivity index (χ2v) is 15.9. The number of nitrogens with one attached hydrogen (secondary N) is 1. The van der Waals surface area contributed by atoms with Gasteiger partial charge < -0.3 is 80.2 Å². The summed E-state index contributed by atoms with van der Waals surface area (Å²) in [5, 5.41) is 43.9. The number of aliphatic hydroxyl groups is 3. The number of aromatic amines is 1. The number of anilines is 2. The fraction of sp³-hybridized carbons (Fsp3) is 0.524. The van der Waals surface area contributed by atoms with Crippen molar-refractivity contribution in [3.63, 3.8) is 0 Å². The SMILES string of the molecule is Cn1c[n+]([C@@H]2O[C@H](COP(=O)(O)OP(=O)(O)OP(=O)(O)OC[C@H]3O[C@@H](n4cnc5c(=O)[nH]c(N)nc54)[C@H](O)[C@@H]3O)[C@@H](O)[C@H]2N)c2nc(N)nc([O-])c21.N.N.N. The van der Waals surface area contributed by atoms with Crippen molar-refractivity contribution >= 4 is 57.7 Å². The van der Waals surface area contributed by atoms with Crippen LogP contribution in [-0.4, -0.2) is 114 Å². The molecule has 2 aliphatic heterocycles. The van der Waals surface area contributed by atoms with Gasteiger partial charge in [0.1, 0.15) is 30.5 Å². The van der Waals surface area contributed by atoms with E-state index in [0.29, 0.717) is 0 Å². The topological polar surface area (TPSA) is 532 Å². The minimum Gasteiger partial charge on any atom is -0.856 e. The lowest BCUT2D eigenvalue weighted by atomic mass is 10.1. The molecule has 2 fully saturated rings. The molecule has 55 heavy (non-hydrogen) atoms. The smallest absolute Gasteiger partial charge is 0.490 e. The lowest BCUT2D eigenvalue weighted by molar-refractivity contribution is -0.740. The van der Waals surface area contributed by atoms with Crippen LogP contribution in [0.15, 0.2) is 17.4 Å². The Labute approximate surface area is 306 Å². The molecule has 34 heteroatoms. The minimum absolute atomic E-state index is 0. The van der Waals surface area contributed by atoms with Gasteiger partial charge in [-0.1, -0.05) is 4.98 Å². The average Bonchev–Trinajstić information content (AvgIpc) is 3.74. The van der Waals surface area contributed by atoms with E-state index in [0.717, 1.165) is 10.9 Å². The Kier molecular flexibility index (Phi) is 13.7. The van der Waals surface area contributed by atoms with E-state index >= 15 is 0 Å². The lowest BCUT2D eigenvalue weighted by Crippen LogP contribution is -2.50. The molecule has 2 saturated heterocycles. The van der Waals surface area contributed by atoms with Crippen molar-refractivity contribution in [3.05, 3.63) is 23.0 Å². The second kappa shape index (κ2) is 16.4. The van der Waals surface area contributed by atoms with E-state index in [2.05, 4.69) is 42.6 Å². The highest BCUT2D eigenvalue weighted by molar-refractivity contribution is 7.66. The molecule has 0 saturated carbocycles. The number of imidazole rings is 2. The molecule has 0 amide bonds. The summed E-state index contributed by atoms with van der Waals surface area (Å²) < 4.78 is 69.5. The Morgan fingerprint density at radius 1 is 0.927 bits per heavy atom. The maximum absolute atomic E-state index is 12.5. The Morgan fingerprint density at radius 3 is 2.11 bits per heavy atom. The van der Waals surface area contributed by atoms with Gasteiger partial charge in [0, 0.05) is 5.88 Å². The Balaban J connectivity index is 0.00000271. The van der Waals surface area contributed by atoms with Crippen molar-refractivity contribution < 1.29 is 80.5 Å². The van der Waals surface area contributed by atoms with Crippen LogP contribution in [0.3, 0.4) is 0 Å². The molecule has 22 N–H and O–H groups in total. The molecule has 0 aliphatic carbocycles. The van der Waals surface area contributed by atoms with Crippen molar-refractivity contribution in [1.82, 2.24) is 52.5 Å². The predicted octanol–water partition coefficient (Wildman–Crippen LogP) is -4.31. The highest BCUT2D eigenvalue weighted by atomic mass is 31.3. The molecule has 2 aliphatic rings. The molecule has 0 aromatic carbocycles. The first-order valence-electron chi connectivity index (χ1n) is 14.4. The number of nitrogen functional groups attached to an aromatic ring is 2. The van der Waals surface area contributed by atoms with Crippen LogP contribution in [0, 0.1) is 0 Å². The van der Waals surface area contributed by atoms with E-state index in [4.69, 9.17) is 26.7 Å². The lowest BCUT2D eigenvalue weighted by Gasteiger charge is -2.21. The van der Waals surface area contributed by atoms with Crippen LogP contribution >= 0.6 is 23.5 Å². The van der Waals surface area contributed by atoms with Crippen LogP contribution in [0.2, 0.25) is 0 Å². The van der Waals surface area contributed by atoms with E-state index in [1.165, 1.54) is 22.5 Å². The number of aromatic nitrogens is 8. The third kappa shape index (κ3) is 9.16. The number of hydrogen-bond donors (Lipinski definition) is 13. The summed E-state index contributed by atoms with van der Waals surface area (Å²) >= 11 is 0. The van der Waals surface area contributed by atoms with E-state index in [1.807, 2.05) is 0 Å².